The summed E-state index contributed by atoms with van der Waals surface area (Å²) in [7, 11) is 1.52. The van der Waals surface area contributed by atoms with Gasteiger partial charge in [0.05, 0.1) is 12.1 Å². The minimum absolute atomic E-state index is 0.0145. The van der Waals surface area contributed by atoms with Gasteiger partial charge in [-0.3, -0.25) is 14.5 Å². The fraction of sp³-hybridized carbons (Fsp3) is 0.389. The van der Waals surface area contributed by atoms with E-state index < -0.39 is 11.7 Å². The van der Waals surface area contributed by atoms with Crippen LogP contribution >= 0.6 is 0 Å². The first-order valence-electron chi connectivity index (χ1n) is 8.17. The molecular weight excluding hydrogens is 363 g/mol. The Hall–Kier alpha value is -3.02. The first kappa shape index (κ1) is 20.3. The van der Waals surface area contributed by atoms with Crippen LogP contribution in [-0.2, 0) is 15.8 Å². The molecule has 1 aromatic carbocycles. The van der Waals surface area contributed by atoms with Gasteiger partial charge in [0, 0.05) is 25.6 Å². The number of carbonyl (C=O) groups excluding carboxylic acids is 3. The molecule has 27 heavy (non-hydrogen) atoms. The summed E-state index contributed by atoms with van der Waals surface area (Å²) in [4.78, 5) is 37.4. The average molecular weight is 381 g/mol. The second-order valence-electron chi connectivity index (χ2n) is 5.94. The van der Waals surface area contributed by atoms with Crippen LogP contribution in [0.25, 0.3) is 0 Å². The van der Waals surface area contributed by atoms with Crippen molar-refractivity contribution in [1.29, 1.82) is 0 Å². The molecule has 1 saturated heterocycles. The van der Waals surface area contributed by atoms with E-state index >= 15 is 0 Å². The lowest BCUT2D eigenvalue weighted by Gasteiger charge is -2.13. The molecule has 4 amide bonds. The van der Waals surface area contributed by atoms with Gasteiger partial charge < -0.3 is 10.2 Å². The Morgan fingerprint density at radius 1 is 1.30 bits per heavy atom. The van der Waals surface area contributed by atoms with Crippen molar-refractivity contribution in [2.24, 2.45) is 0 Å². The molecule has 0 aliphatic carbocycles. The van der Waals surface area contributed by atoms with Crippen LogP contribution in [0.2, 0.25) is 0 Å². The quantitative estimate of drug-likeness (QED) is 0.625. The van der Waals surface area contributed by atoms with Gasteiger partial charge in [0.2, 0.25) is 11.8 Å². The largest absolute Gasteiger partial charge is 0.416 e. The van der Waals surface area contributed by atoms with Crippen LogP contribution in [0.5, 0.6) is 0 Å². The molecule has 1 heterocycles. The van der Waals surface area contributed by atoms with E-state index in [0.29, 0.717) is 6.42 Å². The molecule has 0 spiro atoms. The van der Waals surface area contributed by atoms with Gasteiger partial charge in [0.15, 0.2) is 0 Å². The number of nitrogens with zero attached hydrogens (tertiary/aromatic N) is 2. The fourth-order valence-electron chi connectivity index (χ4n) is 2.44. The van der Waals surface area contributed by atoms with E-state index in [1.807, 2.05) is 0 Å². The number of imide groups is 1. The van der Waals surface area contributed by atoms with E-state index in [1.165, 1.54) is 24.1 Å². The third-order valence-electron chi connectivity index (χ3n) is 3.81. The van der Waals surface area contributed by atoms with Crippen molar-refractivity contribution in [3.8, 4) is 11.8 Å². The van der Waals surface area contributed by atoms with Gasteiger partial charge in [-0.25, -0.2) is 4.79 Å². The van der Waals surface area contributed by atoms with Crippen molar-refractivity contribution in [2.45, 2.75) is 19.0 Å². The summed E-state index contributed by atoms with van der Waals surface area (Å²) < 4.78 is 37.8. The lowest BCUT2D eigenvalue weighted by atomic mass is 10.1. The number of alkyl halides is 3. The Balaban J connectivity index is 1.74. The lowest BCUT2D eigenvalue weighted by molar-refractivity contribution is -0.137. The number of hydrogen-bond donors (Lipinski definition) is 1. The monoisotopic (exact) mass is 381 g/mol. The van der Waals surface area contributed by atoms with Gasteiger partial charge in [0.1, 0.15) is 6.54 Å². The predicted molar refractivity (Wildman–Crippen MR) is 90.3 cm³/mol. The highest BCUT2D eigenvalue weighted by Crippen LogP contribution is 2.29. The molecule has 0 atom stereocenters. The zero-order chi connectivity index (χ0) is 20.0. The molecule has 1 aromatic rings. The van der Waals surface area contributed by atoms with Gasteiger partial charge in [0.25, 0.3) is 0 Å². The maximum atomic E-state index is 12.6. The van der Waals surface area contributed by atoms with Crippen LogP contribution in [0.3, 0.4) is 0 Å². The normalized spacial score (nSPS) is 14.2. The van der Waals surface area contributed by atoms with Crippen molar-refractivity contribution in [3.63, 3.8) is 0 Å². The van der Waals surface area contributed by atoms with E-state index in [1.54, 1.807) is 0 Å². The van der Waals surface area contributed by atoms with Crippen LogP contribution in [-0.4, -0.2) is 54.3 Å². The number of likely N-dealkylation sites (N-methyl/N-ethyl adjacent to an activating group) is 1. The third-order valence-corrected chi connectivity index (χ3v) is 3.81. The Morgan fingerprint density at radius 2 is 2.04 bits per heavy atom. The predicted octanol–water partition coefficient (Wildman–Crippen LogP) is 1.85. The number of amides is 4. The van der Waals surface area contributed by atoms with Gasteiger partial charge in [-0.15, -0.1) is 0 Å². The minimum Gasteiger partial charge on any atom is -0.345 e. The average Bonchev–Trinajstić information content (AvgIpc) is 2.84. The standard InChI is InChI=1S/C18H18F3N3O3/c1-23-12-16(26)24(17(23)27)10-4-8-15(25)22-9-3-6-13-5-2-7-14(11-13)18(19,20)21/h2,5,7,11H,4,8-10,12H2,1H3,(H,22,25). The molecule has 1 fully saturated rings. The Morgan fingerprint density at radius 3 is 2.67 bits per heavy atom. The maximum absolute atomic E-state index is 12.6. The summed E-state index contributed by atoms with van der Waals surface area (Å²) in [6, 6.07) is 4.23. The van der Waals surface area contributed by atoms with E-state index in [-0.39, 0.29) is 49.5 Å². The van der Waals surface area contributed by atoms with Crippen LogP contribution < -0.4 is 5.32 Å². The second-order valence-corrected chi connectivity index (χ2v) is 5.94. The molecule has 1 N–H and O–H groups in total. The number of benzene rings is 1. The number of carbonyl (C=O) groups is 3. The number of nitrogens with one attached hydrogen (secondary N) is 1. The third kappa shape index (κ3) is 5.74. The highest BCUT2D eigenvalue weighted by molar-refractivity contribution is 6.01. The highest BCUT2D eigenvalue weighted by atomic mass is 19.4. The van der Waals surface area contributed by atoms with Crippen molar-refractivity contribution in [2.75, 3.05) is 26.7 Å². The second kappa shape index (κ2) is 8.58. The molecule has 9 heteroatoms. The molecule has 0 radical (unpaired) electrons. The number of halogens is 3. The summed E-state index contributed by atoms with van der Waals surface area (Å²) in [5.41, 5.74) is -0.579. The summed E-state index contributed by atoms with van der Waals surface area (Å²) in [5, 5.41) is 2.52. The van der Waals surface area contributed by atoms with E-state index in [9.17, 15) is 27.6 Å². The van der Waals surface area contributed by atoms with Crippen LogP contribution in [0.4, 0.5) is 18.0 Å². The van der Waals surface area contributed by atoms with E-state index in [0.717, 1.165) is 17.0 Å². The number of urea groups is 1. The highest BCUT2D eigenvalue weighted by Gasteiger charge is 2.33. The summed E-state index contributed by atoms with van der Waals surface area (Å²) in [6.45, 7) is 0.181. The molecule has 0 aromatic heterocycles. The number of hydrogen-bond acceptors (Lipinski definition) is 3. The fourth-order valence-corrected chi connectivity index (χ4v) is 2.44. The molecule has 1 aliphatic rings. The zero-order valence-corrected chi connectivity index (χ0v) is 14.6. The molecule has 2 rings (SSSR count). The lowest BCUT2D eigenvalue weighted by Crippen LogP contribution is -2.33. The molecule has 0 bridgehead atoms. The molecule has 6 nitrogen and oxygen atoms in total. The molecule has 144 valence electrons. The zero-order valence-electron chi connectivity index (χ0n) is 14.6. The number of rotatable bonds is 5. The summed E-state index contributed by atoms with van der Waals surface area (Å²) >= 11 is 0. The molecular formula is C18H18F3N3O3. The van der Waals surface area contributed by atoms with Crippen molar-refractivity contribution < 1.29 is 27.6 Å². The Bertz CT molecular complexity index is 796. The molecule has 0 saturated carbocycles. The van der Waals surface area contributed by atoms with E-state index in [4.69, 9.17) is 0 Å². The Labute approximate surface area is 154 Å². The topological polar surface area (TPSA) is 69.7 Å². The molecule has 1 aliphatic heterocycles. The SMILES string of the molecule is CN1CC(=O)N(CCCC(=O)NCC#Cc2cccc(C(F)(F)F)c2)C1=O. The van der Waals surface area contributed by atoms with Gasteiger partial charge >= 0.3 is 12.2 Å². The smallest absolute Gasteiger partial charge is 0.345 e. The minimum atomic E-state index is -4.43. The van der Waals surface area contributed by atoms with Crippen LogP contribution in [0, 0.1) is 11.8 Å². The first-order valence-corrected chi connectivity index (χ1v) is 8.17. The van der Waals surface area contributed by atoms with Gasteiger partial charge in [-0.05, 0) is 24.6 Å². The van der Waals surface area contributed by atoms with Crippen molar-refractivity contribution in [3.05, 3.63) is 35.4 Å². The summed E-state index contributed by atoms with van der Waals surface area (Å²) in [6.07, 6.45) is -4.01. The van der Waals surface area contributed by atoms with Gasteiger partial charge in [-0.1, -0.05) is 17.9 Å². The summed E-state index contributed by atoms with van der Waals surface area (Å²) in [5.74, 6) is 4.53. The Kier molecular flexibility index (Phi) is 6.45. The van der Waals surface area contributed by atoms with Crippen molar-refractivity contribution >= 4 is 17.8 Å². The molecule has 0 unspecified atom stereocenters. The van der Waals surface area contributed by atoms with Crippen LogP contribution in [0.15, 0.2) is 24.3 Å². The van der Waals surface area contributed by atoms with Crippen molar-refractivity contribution in [1.82, 2.24) is 15.1 Å². The van der Waals surface area contributed by atoms with Gasteiger partial charge in [-0.2, -0.15) is 13.2 Å². The first-order chi connectivity index (χ1) is 12.7. The maximum Gasteiger partial charge on any atom is 0.416 e. The van der Waals surface area contributed by atoms with Crippen LogP contribution in [0.1, 0.15) is 24.0 Å². The van der Waals surface area contributed by atoms with E-state index in [2.05, 4.69) is 17.2 Å².